The molecule has 0 amide bonds. The molecule has 0 heterocycles. The van der Waals surface area contributed by atoms with Gasteiger partial charge in [-0.1, -0.05) is 6.92 Å². The van der Waals surface area contributed by atoms with Gasteiger partial charge in [0.15, 0.2) is 0 Å². The SMILES string of the molecule is CCNP(=N)(F)NC=P(F)(F)N=P(C)(F)F. The van der Waals surface area contributed by atoms with Gasteiger partial charge in [-0.25, -0.2) is 10.2 Å². The average Bonchev–Trinajstić information content (AvgIpc) is 1.97. The molecule has 1 unspecified atom stereocenters. The highest BCUT2D eigenvalue weighted by molar-refractivity contribution is 7.72. The summed E-state index contributed by atoms with van der Waals surface area (Å²) in [5, 5.41) is 10.4. The lowest BCUT2D eigenvalue weighted by Gasteiger charge is -2.12. The summed E-state index contributed by atoms with van der Waals surface area (Å²) in [4.78, 5) is 0. The minimum atomic E-state index is -5.37. The highest BCUT2D eigenvalue weighted by Crippen LogP contribution is 2.64. The van der Waals surface area contributed by atoms with Crippen molar-refractivity contribution in [1.82, 2.24) is 10.2 Å². The van der Waals surface area contributed by atoms with Crippen molar-refractivity contribution in [3.8, 4) is 0 Å². The van der Waals surface area contributed by atoms with Gasteiger partial charge in [0.25, 0.3) is 15.3 Å². The molecule has 0 bridgehead atoms. The van der Waals surface area contributed by atoms with E-state index in [1.165, 1.54) is 12.0 Å². The zero-order valence-corrected chi connectivity index (χ0v) is 11.1. The summed E-state index contributed by atoms with van der Waals surface area (Å²) in [6.45, 7) is 1.86. The van der Waals surface area contributed by atoms with Crippen LogP contribution in [0, 0.1) is 5.16 Å². The van der Waals surface area contributed by atoms with Crippen molar-refractivity contribution >= 4 is 28.9 Å². The fourth-order valence-corrected chi connectivity index (χ4v) is 4.25. The molecule has 0 aliphatic carbocycles. The highest BCUT2D eigenvalue weighted by Gasteiger charge is 2.22. The Balaban J connectivity index is 4.87. The van der Waals surface area contributed by atoms with Gasteiger partial charge >= 0.3 is 7.66 Å². The van der Waals surface area contributed by atoms with Crippen molar-refractivity contribution < 1.29 is 21.0 Å². The predicted octanol–water partition coefficient (Wildman–Crippen LogP) is 4.74. The molecule has 0 aromatic rings. The van der Waals surface area contributed by atoms with Crippen LogP contribution in [0.15, 0.2) is 4.52 Å². The maximum Gasteiger partial charge on any atom is 0.333 e. The molecule has 0 rings (SSSR count). The maximum absolute atomic E-state index is 13.0. The van der Waals surface area contributed by atoms with Crippen LogP contribution in [0.3, 0.4) is 0 Å². The first-order chi connectivity index (χ1) is 6.97. The van der Waals surface area contributed by atoms with E-state index < -0.39 is 23.0 Å². The third-order valence-electron chi connectivity index (χ3n) is 1.04. The van der Waals surface area contributed by atoms with Crippen LogP contribution < -0.4 is 10.2 Å². The van der Waals surface area contributed by atoms with E-state index in [1.54, 1.807) is 0 Å². The Morgan fingerprint density at radius 2 is 1.75 bits per heavy atom. The minimum Gasteiger partial charge on any atom is -0.263 e. The second kappa shape index (κ2) is 5.78. The van der Waals surface area contributed by atoms with Crippen molar-refractivity contribution in [1.29, 1.82) is 5.16 Å². The lowest BCUT2D eigenvalue weighted by atomic mass is 10.8. The van der Waals surface area contributed by atoms with Gasteiger partial charge in [0, 0.05) is 13.2 Å². The second-order valence-electron chi connectivity index (χ2n) is 2.73. The molecule has 4 nitrogen and oxygen atoms in total. The normalized spacial score (nSPS) is 16.7. The third kappa shape index (κ3) is 8.48. The Labute approximate surface area is 90.7 Å². The quantitative estimate of drug-likeness (QED) is 0.507. The maximum atomic E-state index is 13.0. The molecule has 0 saturated carbocycles. The first kappa shape index (κ1) is 16.3. The van der Waals surface area contributed by atoms with Gasteiger partial charge in [-0.15, -0.1) is 0 Å². The number of nitrogens with one attached hydrogen (secondary N) is 3. The Morgan fingerprint density at radius 3 is 2.12 bits per heavy atom. The molecule has 0 aliphatic heterocycles. The van der Waals surface area contributed by atoms with Crippen LogP contribution in [-0.2, 0) is 0 Å². The van der Waals surface area contributed by atoms with Crippen LogP contribution in [-0.4, -0.2) is 19.1 Å². The van der Waals surface area contributed by atoms with Crippen molar-refractivity contribution in [3.05, 3.63) is 0 Å². The average molecular weight is 304 g/mol. The molecule has 12 heteroatoms. The molecular formula is C4H12F5N4P3. The van der Waals surface area contributed by atoms with E-state index in [2.05, 4.69) is 4.52 Å². The zero-order chi connectivity index (χ0) is 13.0. The lowest BCUT2D eigenvalue weighted by Crippen LogP contribution is -2.17. The summed E-state index contributed by atoms with van der Waals surface area (Å²) in [5.74, 6) is -0.117. The topological polar surface area (TPSA) is 60.3 Å². The highest BCUT2D eigenvalue weighted by atomic mass is 31.3. The van der Waals surface area contributed by atoms with E-state index in [0.717, 1.165) is 0 Å². The van der Waals surface area contributed by atoms with E-state index in [-0.39, 0.29) is 12.5 Å². The molecule has 0 aromatic carbocycles. The molecule has 0 fully saturated rings. The minimum absolute atomic E-state index is 0.0622. The van der Waals surface area contributed by atoms with Gasteiger partial charge < -0.3 is 0 Å². The van der Waals surface area contributed by atoms with Crippen molar-refractivity contribution in [2.75, 3.05) is 13.2 Å². The molecule has 3 N–H and O–H groups in total. The number of hydrogen-bond acceptors (Lipinski definition) is 2. The molecule has 0 spiro atoms. The molecule has 1 atom stereocenters. The van der Waals surface area contributed by atoms with Crippen molar-refractivity contribution in [2.24, 2.45) is 4.52 Å². The van der Waals surface area contributed by atoms with Gasteiger partial charge in [0.2, 0.25) is 0 Å². The molecule has 16 heavy (non-hydrogen) atoms. The van der Waals surface area contributed by atoms with E-state index in [4.69, 9.17) is 5.16 Å². The van der Waals surface area contributed by atoms with Crippen LogP contribution in [0.2, 0.25) is 0 Å². The van der Waals surface area contributed by atoms with Crippen LogP contribution in [0.25, 0.3) is 0 Å². The summed E-state index contributed by atoms with van der Waals surface area (Å²) in [5.41, 5.74) is 0. The fraction of sp³-hybridized carbons (Fsp3) is 0.750. The summed E-state index contributed by atoms with van der Waals surface area (Å²) in [6.07, 6.45) is 0. The zero-order valence-electron chi connectivity index (χ0n) is 8.46. The number of hydrogen-bond donors (Lipinski definition) is 3. The van der Waals surface area contributed by atoms with Crippen LogP contribution >= 0.6 is 23.0 Å². The number of halogens is 5. The van der Waals surface area contributed by atoms with Gasteiger partial charge in [0.1, 0.15) is 0 Å². The smallest absolute Gasteiger partial charge is 0.263 e. The van der Waals surface area contributed by atoms with Gasteiger partial charge in [-0.05, 0) is 0 Å². The van der Waals surface area contributed by atoms with Gasteiger partial charge in [-0.3, -0.25) is 5.16 Å². The Morgan fingerprint density at radius 1 is 1.25 bits per heavy atom. The first-order valence-corrected chi connectivity index (χ1v) is 9.21. The van der Waals surface area contributed by atoms with Crippen molar-refractivity contribution in [3.63, 3.8) is 0 Å². The monoisotopic (exact) mass is 304 g/mol. The van der Waals surface area contributed by atoms with E-state index in [1.807, 2.05) is 5.09 Å². The number of nitrogens with zero attached hydrogens (tertiary/aromatic N) is 1. The summed E-state index contributed by atoms with van der Waals surface area (Å²) in [7, 11) is -14.5. The van der Waals surface area contributed by atoms with Crippen molar-refractivity contribution in [2.45, 2.75) is 6.92 Å². The Kier molecular flexibility index (Phi) is 5.90. The first-order valence-electron chi connectivity index (χ1n) is 3.97. The summed E-state index contributed by atoms with van der Waals surface area (Å²) in [6, 6.07) is 0. The van der Waals surface area contributed by atoms with E-state index >= 15 is 0 Å². The van der Waals surface area contributed by atoms with E-state index in [0.29, 0.717) is 6.66 Å². The van der Waals surface area contributed by atoms with Crippen LogP contribution in [0.5, 0.6) is 0 Å². The lowest BCUT2D eigenvalue weighted by molar-refractivity contribution is 0.714. The number of rotatable bonds is 5. The summed E-state index contributed by atoms with van der Waals surface area (Å²) >= 11 is 0. The Bertz CT molecular complexity index is 375. The predicted molar refractivity (Wildman–Crippen MR) is 60.2 cm³/mol. The largest absolute Gasteiger partial charge is 0.333 e. The van der Waals surface area contributed by atoms with Gasteiger partial charge in [-0.2, -0.15) is 25.5 Å². The van der Waals surface area contributed by atoms with Crippen LogP contribution in [0.1, 0.15) is 6.92 Å². The van der Waals surface area contributed by atoms with Gasteiger partial charge in [0.05, 0.1) is 5.92 Å². The fourth-order valence-electron chi connectivity index (χ4n) is 0.648. The molecule has 0 aromatic heterocycles. The molecular weight excluding hydrogens is 292 g/mol. The molecule has 98 valence electrons. The molecule has 0 aliphatic rings. The van der Waals surface area contributed by atoms with E-state index in [9.17, 15) is 21.0 Å². The standard InChI is InChI=1S/C4H12F5N4P3/c1-3-11-16(9,10)12-4-15(7,8)13-14(2,5)6/h4H,3H2,1-2H3,(H3,10,11,12). The molecule has 0 radical (unpaired) electrons. The summed E-state index contributed by atoms with van der Waals surface area (Å²) < 4.78 is 65.3. The Hall–Kier alpha value is 0.330. The second-order valence-corrected chi connectivity index (χ2v) is 8.01. The third-order valence-corrected chi connectivity index (χ3v) is 5.13. The van der Waals surface area contributed by atoms with Crippen LogP contribution in [0.4, 0.5) is 21.0 Å². The molecule has 0 saturated heterocycles.